The smallest absolute Gasteiger partial charge is 0.262 e. The minimum absolute atomic E-state index is 0.198. The number of rotatable bonds is 12. The fourth-order valence-corrected chi connectivity index (χ4v) is 10.3. The monoisotopic (exact) mass is 758 g/mol. The van der Waals surface area contributed by atoms with Gasteiger partial charge < -0.3 is 0 Å². The van der Waals surface area contributed by atoms with E-state index in [1.807, 2.05) is 12.1 Å². The van der Waals surface area contributed by atoms with Gasteiger partial charge in [0.05, 0.1) is 29.8 Å². The summed E-state index contributed by atoms with van der Waals surface area (Å²) in [7, 11) is 0. The van der Waals surface area contributed by atoms with Gasteiger partial charge in [-0.05, 0) is 68.7 Å². The van der Waals surface area contributed by atoms with Crippen molar-refractivity contribution in [3.63, 3.8) is 0 Å². The highest BCUT2D eigenvalue weighted by molar-refractivity contribution is 9.11. The lowest BCUT2D eigenvalue weighted by molar-refractivity contribution is 0.0563. The third-order valence-electron chi connectivity index (χ3n) is 9.45. The molecule has 0 aliphatic carbocycles. The number of imide groups is 2. The Balaban J connectivity index is 1.65. The molecule has 232 valence electrons. The van der Waals surface area contributed by atoms with Gasteiger partial charge in [-0.25, -0.2) is 0 Å². The number of nitrogens with zero attached hydrogens (tertiary/aromatic N) is 2. The predicted octanol–water partition coefficient (Wildman–Crippen LogP) is 10.4. The molecule has 0 fully saturated rings. The summed E-state index contributed by atoms with van der Waals surface area (Å²) < 4.78 is 2.95. The SMILES string of the molecule is CCCCC(CC)CN1C(=O)c2c3cc(Br)sc3c3c4c(c5cc(Br)sc5c(c24)C1=O)C(=O)N(CC(CC)CCCC)C3=O. The molecule has 6 nitrogen and oxygen atoms in total. The van der Waals surface area contributed by atoms with E-state index < -0.39 is 0 Å². The highest BCUT2D eigenvalue weighted by atomic mass is 79.9. The number of carbonyl (C=O) groups excluding carboxylic acids is 4. The molecule has 44 heavy (non-hydrogen) atoms. The zero-order valence-electron chi connectivity index (χ0n) is 25.5. The van der Waals surface area contributed by atoms with Gasteiger partial charge in [0.2, 0.25) is 0 Å². The van der Waals surface area contributed by atoms with Crippen LogP contribution in [0.2, 0.25) is 0 Å². The van der Waals surface area contributed by atoms with Crippen LogP contribution in [0, 0.1) is 11.8 Å². The molecule has 2 aliphatic heterocycles. The first-order valence-corrected chi connectivity index (χ1v) is 18.9. The summed E-state index contributed by atoms with van der Waals surface area (Å²) in [6, 6.07) is 3.79. The van der Waals surface area contributed by atoms with Crippen LogP contribution >= 0.6 is 54.5 Å². The van der Waals surface area contributed by atoms with Gasteiger partial charge in [0.15, 0.2) is 0 Å². The lowest BCUT2D eigenvalue weighted by Gasteiger charge is -2.35. The van der Waals surface area contributed by atoms with Crippen LogP contribution in [0.5, 0.6) is 0 Å². The van der Waals surface area contributed by atoms with Gasteiger partial charge in [-0.2, -0.15) is 0 Å². The zero-order valence-corrected chi connectivity index (χ0v) is 30.3. The third-order valence-corrected chi connectivity index (χ3v) is 12.8. The average molecular weight is 761 g/mol. The second-order valence-electron chi connectivity index (χ2n) is 12.1. The number of unbranched alkanes of at least 4 members (excludes halogenated alkanes) is 2. The van der Waals surface area contributed by atoms with E-state index in [1.165, 1.54) is 32.5 Å². The second kappa shape index (κ2) is 12.6. The Morgan fingerprint density at radius 3 is 1.32 bits per heavy atom. The molecular formula is C34H36Br2N2O4S2. The van der Waals surface area contributed by atoms with Crippen LogP contribution < -0.4 is 0 Å². The quantitative estimate of drug-likeness (QED) is 0.135. The van der Waals surface area contributed by atoms with Gasteiger partial charge in [0.1, 0.15) is 0 Å². The standard InChI is InChI=1S/C34H36Br2N2O4S2/c1-5-9-11-17(7-3)15-37-31(39)23-19-13-21(35)44-30(19)28-26-24(20-14-22(36)43-29(20)27(25(23)26)33(37)41)32(40)38(34(28)42)16-18(8-4)12-10-6-2/h13-14,17-18H,5-12,15-16H2,1-4H3. The van der Waals surface area contributed by atoms with E-state index >= 15 is 0 Å². The molecule has 0 saturated heterocycles. The van der Waals surface area contributed by atoms with E-state index in [9.17, 15) is 19.2 Å². The van der Waals surface area contributed by atoms with Crippen LogP contribution in [0.1, 0.15) is 120 Å². The Morgan fingerprint density at radius 2 is 0.977 bits per heavy atom. The van der Waals surface area contributed by atoms with Crippen molar-refractivity contribution in [3.05, 3.63) is 42.0 Å². The van der Waals surface area contributed by atoms with Crippen molar-refractivity contribution < 1.29 is 19.2 Å². The topological polar surface area (TPSA) is 74.8 Å². The molecule has 0 spiro atoms. The van der Waals surface area contributed by atoms with Crippen molar-refractivity contribution in [1.82, 2.24) is 9.80 Å². The van der Waals surface area contributed by atoms with Crippen molar-refractivity contribution in [2.75, 3.05) is 13.1 Å². The summed E-state index contributed by atoms with van der Waals surface area (Å²) in [5, 5.41) is 2.25. The van der Waals surface area contributed by atoms with E-state index in [1.54, 1.807) is 0 Å². The summed E-state index contributed by atoms with van der Waals surface area (Å²) in [5.74, 6) is -0.958. The number of benzene rings is 2. The van der Waals surface area contributed by atoms with Crippen LogP contribution in [-0.2, 0) is 0 Å². The number of halogens is 2. The summed E-state index contributed by atoms with van der Waals surface area (Å²) in [6.07, 6.45) is 7.80. The van der Waals surface area contributed by atoms with Gasteiger partial charge >= 0.3 is 0 Å². The molecule has 2 aromatic carbocycles. The zero-order chi connectivity index (χ0) is 31.4. The molecule has 4 amide bonds. The highest BCUT2D eigenvalue weighted by Crippen LogP contribution is 2.51. The van der Waals surface area contributed by atoms with E-state index in [-0.39, 0.29) is 35.5 Å². The largest absolute Gasteiger partial charge is 0.274 e. The molecule has 0 N–H and O–H groups in total. The van der Waals surface area contributed by atoms with E-state index in [4.69, 9.17) is 0 Å². The molecule has 2 aliphatic rings. The van der Waals surface area contributed by atoms with Gasteiger partial charge in [0, 0.05) is 44.0 Å². The van der Waals surface area contributed by atoms with Crippen molar-refractivity contribution in [1.29, 1.82) is 0 Å². The number of fused-ring (bicyclic) bond motifs is 6. The van der Waals surface area contributed by atoms with Gasteiger partial charge in [-0.15, -0.1) is 22.7 Å². The lowest BCUT2D eigenvalue weighted by Crippen LogP contribution is -2.45. The molecule has 4 heterocycles. The summed E-state index contributed by atoms with van der Waals surface area (Å²) in [6.45, 7) is 9.20. The molecule has 4 aromatic rings. The number of hydrogen-bond donors (Lipinski definition) is 0. The maximum absolute atomic E-state index is 14.5. The van der Waals surface area contributed by atoms with Gasteiger partial charge in [-0.3, -0.25) is 29.0 Å². The van der Waals surface area contributed by atoms with Crippen LogP contribution in [0.3, 0.4) is 0 Å². The highest BCUT2D eigenvalue weighted by Gasteiger charge is 2.45. The normalized spacial score (nSPS) is 16.3. The molecular weight excluding hydrogens is 724 g/mol. The molecule has 2 aromatic heterocycles. The third kappa shape index (κ3) is 4.99. The minimum atomic E-state index is -0.340. The molecule has 0 radical (unpaired) electrons. The first kappa shape index (κ1) is 31.8. The Kier molecular flexibility index (Phi) is 9.09. The van der Waals surface area contributed by atoms with Crippen LogP contribution in [-0.4, -0.2) is 46.5 Å². The summed E-state index contributed by atoms with van der Waals surface area (Å²) in [5.41, 5.74) is 1.72. The average Bonchev–Trinajstić information content (AvgIpc) is 3.58. The van der Waals surface area contributed by atoms with Crippen LogP contribution in [0.25, 0.3) is 30.9 Å². The van der Waals surface area contributed by atoms with Gasteiger partial charge in [-0.1, -0.05) is 66.2 Å². The van der Waals surface area contributed by atoms with Crippen LogP contribution in [0.4, 0.5) is 0 Å². The second-order valence-corrected chi connectivity index (χ2v) is 17.0. The van der Waals surface area contributed by atoms with Crippen molar-refractivity contribution in [2.45, 2.75) is 79.1 Å². The maximum Gasteiger partial charge on any atom is 0.262 e. The Hall–Kier alpha value is -2.14. The van der Waals surface area contributed by atoms with Crippen molar-refractivity contribution in [3.8, 4) is 0 Å². The van der Waals surface area contributed by atoms with Crippen molar-refractivity contribution in [2.24, 2.45) is 11.8 Å². The molecule has 10 heteroatoms. The number of thiophene rings is 2. The summed E-state index contributed by atoms with van der Waals surface area (Å²) in [4.78, 5) is 60.7. The fourth-order valence-electron chi connectivity index (χ4n) is 6.97. The number of carbonyl (C=O) groups is 4. The van der Waals surface area contributed by atoms with Crippen molar-refractivity contribution >= 4 is 109 Å². The van der Waals surface area contributed by atoms with E-state index in [0.717, 1.165) is 58.9 Å². The van der Waals surface area contributed by atoms with E-state index in [2.05, 4.69) is 59.6 Å². The Labute approximate surface area is 282 Å². The number of amides is 4. The molecule has 2 atom stereocenters. The molecule has 6 rings (SSSR count). The minimum Gasteiger partial charge on any atom is -0.274 e. The Bertz CT molecular complexity index is 1620. The lowest BCUT2D eigenvalue weighted by atomic mass is 9.82. The predicted molar refractivity (Wildman–Crippen MR) is 187 cm³/mol. The fraction of sp³-hybridized carbons (Fsp3) is 0.471. The van der Waals surface area contributed by atoms with E-state index in [0.29, 0.717) is 66.3 Å². The number of hydrogen-bond acceptors (Lipinski definition) is 6. The molecule has 0 bridgehead atoms. The van der Waals surface area contributed by atoms with Gasteiger partial charge in [0.25, 0.3) is 23.6 Å². The summed E-state index contributed by atoms with van der Waals surface area (Å²) >= 11 is 10.1. The van der Waals surface area contributed by atoms with Crippen LogP contribution in [0.15, 0.2) is 19.7 Å². The molecule has 2 unspecified atom stereocenters. The first-order chi connectivity index (χ1) is 21.2. The molecule has 0 saturated carbocycles. The maximum atomic E-state index is 14.5. The first-order valence-electron chi connectivity index (χ1n) is 15.7. The Morgan fingerprint density at radius 1 is 0.614 bits per heavy atom.